The number of piperazine rings is 1. The van der Waals surface area contributed by atoms with Crippen LogP contribution in [0, 0.1) is 0 Å². The maximum absolute atomic E-state index is 12.0. The number of amides is 1. The third kappa shape index (κ3) is 2.46. The molecule has 1 amide bonds. The van der Waals surface area contributed by atoms with Gasteiger partial charge in [-0.3, -0.25) is 9.69 Å². The summed E-state index contributed by atoms with van der Waals surface area (Å²) in [5.41, 5.74) is 0. The molecule has 6 heteroatoms. The minimum Gasteiger partial charge on any atom is -0.355 e. The number of fused-ring (bicyclic) bond motifs is 1. The molecule has 2 fully saturated rings. The predicted octanol–water partition coefficient (Wildman–Crippen LogP) is 1.70. The van der Waals surface area contributed by atoms with Crippen LogP contribution in [0.2, 0.25) is 0 Å². The molecule has 22 heavy (non-hydrogen) atoms. The molecule has 1 aromatic heterocycles. The van der Waals surface area contributed by atoms with E-state index in [1.165, 1.54) is 10.1 Å². The second-order valence-electron chi connectivity index (χ2n) is 5.97. The third-order valence-electron chi connectivity index (χ3n) is 4.67. The summed E-state index contributed by atoms with van der Waals surface area (Å²) in [5.74, 6) is 1.31. The van der Waals surface area contributed by atoms with E-state index >= 15 is 0 Å². The number of anilines is 1. The molecule has 0 radical (unpaired) electrons. The van der Waals surface area contributed by atoms with Crippen molar-refractivity contribution in [3.8, 4) is 0 Å². The van der Waals surface area contributed by atoms with Crippen molar-refractivity contribution in [2.24, 2.45) is 0 Å². The van der Waals surface area contributed by atoms with Crippen LogP contribution in [0.3, 0.4) is 0 Å². The van der Waals surface area contributed by atoms with E-state index in [1.807, 2.05) is 0 Å². The van der Waals surface area contributed by atoms with E-state index in [4.69, 9.17) is 0 Å². The standard InChI is InChI=1S/C16H20N4OS/c21-16-13(5-3-7-17-16)19-8-10-20(11-9-19)15-12-4-1-2-6-14(12)22-18-15/h1-2,4,6,13H,3,5,7-11H2,(H,17,21). The molecule has 116 valence electrons. The lowest BCUT2D eigenvalue weighted by atomic mass is 10.0. The molecule has 1 aromatic carbocycles. The Hall–Kier alpha value is -1.66. The van der Waals surface area contributed by atoms with Gasteiger partial charge in [-0.25, -0.2) is 0 Å². The van der Waals surface area contributed by atoms with Gasteiger partial charge in [-0.05, 0) is 36.5 Å². The molecule has 5 nitrogen and oxygen atoms in total. The van der Waals surface area contributed by atoms with Crippen LogP contribution in [0.15, 0.2) is 24.3 Å². The van der Waals surface area contributed by atoms with Crippen LogP contribution in [-0.2, 0) is 4.79 Å². The van der Waals surface area contributed by atoms with Gasteiger partial charge in [-0.15, -0.1) is 0 Å². The number of carbonyl (C=O) groups is 1. The monoisotopic (exact) mass is 316 g/mol. The Morgan fingerprint density at radius 3 is 2.82 bits per heavy atom. The lowest BCUT2D eigenvalue weighted by Crippen LogP contribution is -2.56. The topological polar surface area (TPSA) is 48.5 Å². The molecular weight excluding hydrogens is 296 g/mol. The van der Waals surface area contributed by atoms with E-state index in [-0.39, 0.29) is 11.9 Å². The summed E-state index contributed by atoms with van der Waals surface area (Å²) in [6.45, 7) is 4.59. The zero-order chi connectivity index (χ0) is 14.9. The van der Waals surface area contributed by atoms with Crippen LogP contribution in [0.25, 0.3) is 10.1 Å². The number of nitrogens with zero attached hydrogens (tertiary/aromatic N) is 3. The second-order valence-corrected chi connectivity index (χ2v) is 6.78. The maximum atomic E-state index is 12.0. The molecule has 0 saturated carbocycles. The molecule has 1 unspecified atom stereocenters. The van der Waals surface area contributed by atoms with Crippen LogP contribution >= 0.6 is 11.5 Å². The minimum atomic E-state index is 0.0723. The first-order chi connectivity index (χ1) is 10.8. The van der Waals surface area contributed by atoms with Crippen molar-refractivity contribution in [2.45, 2.75) is 18.9 Å². The largest absolute Gasteiger partial charge is 0.355 e. The number of piperidine rings is 1. The van der Waals surface area contributed by atoms with Gasteiger partial charge in [0.2, 0.25) is 5.91 Å². The fourth-order valence-electron chi connectivity index (χ4n) is 3.45. The van der Waals surface area contributed by atoms with Crippen molar-refractivity contribution < 1.29 is 4.79 Å². The second kappa shape index (κ2) is 5.85. The lowest BCUT2D eigenvalue weighted by Gasteiger charge is -2.40. The van der Waals surface area contributed by atoms with Crippen molar-refractivity contribution >= 4 is 33.3 Å². The number of rotatable bonds is 2. The van der Waals surface area contributed by atoms with Crippen molar-refractivity contribution in [1.29, 1.82) is 0 Å². The Morgan fingerprint density at radius 2 is 2.00 bits per heavy atom. The Morgan fingerprint density at radius 1 is 1.18 bits per heavy atom. The van der Waals surface area contributed by atoms with Crippen molar-refractivity contribution in [2.75, 3.05) is 37.6 Å². The first-order valence-electron chi connectivity index (χ1n) is 7.94. The van der Waals surface area contributed by atoms with Gasteiger partial charge in [-0.1, -0.05) is 12.1 Å². The SMILES string of the molecule is O=C1NCCCC1N1CCN(c2nsc3ccccc23)CC1. The lowest BCUT2D eigenvalue weighted by molar-refractivity contribution is -0.128. The van der Waals surface area contributed by atoms with Crippen molar-refractivity contribution in [3.05, 3.63) is 24.3 Å². The predicted molar refractivity (Wildman–Crippen MR) is 89.4 cm³/mol. The highest BCUT2D eigenvalue weighted by Gasteiger charge is 2.31. The van der Waals surface area contributed by atoms with Crippen LogP contribution in [-0.4, -0.2) is 53.9 Å². The average molecular weight is 316 g/mol. The summed E-state index contributed by atoms with van der Waals surface area (Å²) in [7, 11) is 0. The molecule has 0 bridgehead atoms. The summed E-state index contributed by atoms with van der Waals surface area (Å²) in [6, 6.07) is 8.48. The number of benzene rings is 1. The molecule has 2 saturated heterocycles. The number of aromatic nitrogens is 1. The highest BCUT2D eigenvalue weighted by atomic mass is 32.1. The number of hydrogen-bond donors (Lipinski definition) is 1. The molecule has 4 rings (SSSR count). The van der Waals surface area contributed by atoms with Crippen LogP contribution < -0.4 is 10.2 Å². The zero-order valence-electron chi connectivity index (χ0n) is 12.5. The smallest absolute Gasteiger partial charge is 0.237 e. The minimum absolute atomic E-state index is 0.0723. The average Bonchev–Trinajstić information content (AvgIpc) is 3.00. The summed E-state index contributed by atoms with van der Waals surface area (Å²) >= 11 is 1.57. The Kier molecular flexibility index (Phi) is 3.72. The van der Waals surface area contributed by atoms with E-state index in [2.05, 4.69) is 43.8 Å². The molecular formula is C16H20N4OS. The molecule has 2 aliphatic rings. The van der Waals surface area contributed by atoms with Gasteiger partial charge in [0.25, 0.3) is 0 Å². The fourth-order valence-corrected chi connectivity index (χ4v) is 4.25. The van der Waals surface area contributed by atoms with Gasteiger partial charge in [0.1, 0.15) is 5.82 Å². The zero-order valence-corrected chi connectivity index (χ0v) is 13.3. The van der Waals surface area contributed by atoms with E-state index in [0.29, 0.717) is 0 Å². The van der Waals surface area contributed by atoms with Crippen molar-refractivity contribution in [3.63, 3.8) is 0 Å². The molecule has 3 heterocycles. The maximum Gasteiger partial charge on any atom is 0.237 e. The number of nitrogens with one attached hydrogen (secondary N) is 1. The summed E-state index contributed by atoms with van der Waals surface area (Å²) < 4.78 is 5.88. The van der Waals surface area contributed by atoms with E-state index < -0.39 is 0 Å². The first-order valence-corrected chi connectivity index (χ1v) is 8.71. The highest BCUT2D eigenvalue weighted by molar-refractivity contribution is 7.13. The summed E-state index contributed by atoms with van der Waals surface area (Å²) in [6.07, 6.45) is 2.08. The molecule has 2 aromatic rings. The van der Waals surface area contributed by atoms with Crippen molar-refractivity contribution in [1.82, 2.24) is 14.6 Å². The van der Waals surface area contributed by atoms with E-state index in [9.17, 15) is 4.79 Å². The fraction of sp³-hybridized carbons (Fsp3) is 0.500. The first kappa shape index (κ1) is 14.0. The summed E-state index contributed by atoms with van der Waals surface area (Å²) in [5, 5.41) is 4.23. The van der Waals surface area contributed by atoms with Gasteiger partial charge in [0, 0.05) is 38.1 Å². The Labute approximate surface area is 134 Å². The molecule has 1 atom stereocenters. The molecule has 1 N–H and O–H groups in total. The van der Waals surface area contributed by atoms with Crippen LogP contribution in [0.1, 0.15) is 12.8 Å². The quantitative estimate of drug-likeness (QED) is 0.916. The number of carbonyl (C=O) groups excluding carboxylic acids is 1. The van der Waals surface area contributed by atoms with Gasteiger partial charge < -0.3 is 10.2 Å². The third-order valence-corrected chi connectivity index (χ3v) is 5.49. The normalized spacial score (nSPS) is 23.7. The van der Waals surface area contributed by atoms with Gasteiger partial charge in [-0.2, -0.15) is 4.37 Å². The van der Waals surface area contributed by atoms with Crippen LogP contribution in [0.5, 0.6) is 0 Å². The van der Waals surface area contributed by atoms with E-state index in [1.54, 1.807) is 11.5 Å². The molecule has 0 spiro atoms. The van der Waals surface area contributed by atoms with Gasteiger partial charge in [0.15, 0.2) is 0 Å². The molecule has 0 aliphatic carbocycles. The van der Waals surface area contributed by atoms with E-state index in [0.717, 1.165) is 51.4 Å². The summed E-state index contributed by atoms with van der Waals surface area (Å²) in [4.78, 5) is 16.7. The Balaban J connectivity index is 1.46. The van der Waals surface area contributed by atoms with Gasteiger partial charge >= 0.3 is 0 Å². The number of hydrogen-bond acceptors (Lipinski definition) is 5. The van der Waals surface area contributed by atoms with Crippen LogP contribution in [0.4, 0.5) is 5.82 Å². The highest BCUT2D eigenvalue weighted by Crippen LogP contribution is 2.30. The molecule has 2 aliphatic heterocycles. The van der Waals surface area contributed by atoms with Gasteiger partial charge in [0.05, 0.1) is 10.7 Å². The Bertz CT molecular complexity index is 678.